The normalized spacial score (nSPS) is 13.3. The quantitative estimate of drug-likeness (QED) is 0.816. The molecule has 0 aliphatic carbocycles. The van der Waals surface area contributed by atoms with Crippen LogP contribution in [0.4, 0.5) is 8.78 Å². The Morgan fingerprint density at radius 3 is 2.62 bits per heavy atom. The van der Waals surface area contributed by atoms with Gasteiger partial charge in [-0.15, -0.1) is 0 Å². The summed E-state index contributed by atoms with van der Waals surface area (Å²) >= 11 is 5.49. The fraction of sp³-hybridized carbons (Fsp3) is 0.429. The number of rotatable bonds is 3. The van der Waals surface area contributed by atoms with Gasteiger partial charge in [0.05, 0.1) is 17.8 Å². The SMILES string of the molecule is NCC(c1cncc(Cl)n1)C(F)F. The molecule has 0 aliphatic rings. The van der Waals surface area contributed by atoms with Gasteiger partial charge in [-0.2, -0.15) is 0 Å². The van der Waals surface area contributed by atoms with E-state index in [0.29, 0.717) is 0 Å². The van der Waals surface area contributed by atoms with E-state index in [1.807, 2.05) is 0 Å². The summed E-state index contributed by atoms with van der Waals surface area (Å²) in [5, 5.41) is 0.0941. The van der Waals surface area contributed by atoms with Gasteiger partial charge in [0.25, 0.3) is 0 Å². The molecule has 0 aromatic carbocycles. The van der Waals surface area contributed by atoms with Gasteiger partial charge in [0.2, 0.25) is 6.43 Å². The first kappa shape index (κ1) is 10.3. The van der Waals surface area contributed by atoms with E-state index in [1.165, 1.54) is 12.4 Å². The summed E-state index contributed by atoms with van der Waals surface area (Å²) in [6, 6.07) is 0. The second-order valence-electron chi connectivity index (χ2n) is 2.44. The van der Waals surface area contributed by atoms with Crippen molar-refractivity contribution < 1.29 is 8.78 Å². The van der Waals surface area contributed by atoms with Crippen LogP contribution < -0.4 is 5.73 Å². The predicted molar refractivity (Wildman–Crippen MR) is 44.8 cm³/mol. The number of hydrogen-bond donors (Lipinski definition) is 1. The molecule has 0 amide bonds. The minimum atomic E-state index is -2.54. The Hall–Kier alpha value is -0.810. The summed E-state index contributed by atoms with van der Waals surface area (Å²) in [6.07, 6.45) is -0.0163. The van der Waals surface area contributed by atoms with Crippen LogP contribution in [-0.4, -0.2) is 22.9 Å². The van der Waals surface area contributed by atoms with Crippen molar-refractivity contribution >= 4 is 11.6 Å². The Balaban J connectivity index is 2.91. The van der Waals surface area contributed by atoms with E-state index in [9.17, 15) is 8.78 Å². The van der Waals surface area contributed by atoms with Crippen LogP contribution >= 0.6 is 11.6 Å². The number of aromatic nitrogens is 2. The zero-order valence-corrected chi connectivity index (χ0v) is 7.38. The van der Waals surface area contributed by atoms with Crippen molar-refractivity contribution in [3.05, 3.63) is 23.2 Å². The lowest BCUT2D eigenvalue weighted by Gasteiger charge is -2.11. The lowest BCUT2D eigenvalue weighted by Crippen LogP contribution is -2.20. The number of hydrogen-bond acceptors (Lipinski definition) is 3. The van der Waals surface area contributed by atoms with Crippen LogP contribution in [-0.2, 0) is 0 Å². The standard InChI is InChI=1S/C7H8ClF2N3/c8-6-3-12-2-5(13-6)4(1-11)7(9)10/h2-4,7H,1,11H2. The number of nitrogens with zero attached hydrogens (tertiary/aromatic N) is 2. The first-order chi connectivity index (χ1) is 6.15. The summed E-state index contributed by atoms with van der Waals surface area (Å²) in [7, 11) is 0. The molecule has 0 aliphatic heterocycles. The highest BCUT2D eigenvalue weighted by Crippen LogP contribution is 2.20. The van der Waals surface area contributed by atoms with Crippen LogP contribution in [0.25, 0.3) is 0 Å². The third kappa shape index (κ3) is 2.57. The average Bonchev–Trinajstić information content (AvgIpc) is 2.04. The molecule has 0 saturated heterocycles. The molecular formula is C7H8ClF2N3. The second kappa shape index (κ2) is 4.43. The Bertz CT molecular complexity index is 282. The maximum atomic E-state index is 12.3. The fourth-order valence-corrected chi connectivity index (χ4v) is 1.04. The molecule has 3 nitrogen and oxygen atoms in total. The van der Waals surface area contributed by atoms with Crippen molar-refractivity contribution in [2.75, 3.05) is 6.54 Å². The monoisotopic (exact) mass is 207 g/mol. The van der Waals surface area contributed by atoms with Crippen LogP contribution in [0.15, 0.2) is 12.4 Å². The zero-order chi connectivity index (χ0) is 9.84. The Morgan fingerprint density at radius 1 is 1.46 bits per heavy atom. The van der Waals surface area contributed by atoms with Crippen LogP contribution in [0.3, 0.4) is 0 Å². The van der Waals surface area contributed by atoms with Crippen molar-refractivity contribution in [1.29, 1.82) is 0 Å². The molecule has 6 heteroatoms. The Kier molecular flexibility index (Phi) is 3.50. The van der Waals surface area contributed by atoms with Crippen molar-refractivity contribution in [3.63, 3.8) is 0 Å². The summed E-state index contributed by atoms with van der Waals surface area (Å²) in [5.41, 5.74) is 5.29. The lowest BCUT2D eigenvalue weighted by atomic mass is 10.1. The predicted octanol–water partition coefficient (Wildman–Crippen LogP) is 1.44. The number of alkyl halides is 2. The van der Waals surface area contributed by atoms with Gasteiger partial charge in [0, 0.05) is 12.7 Å². The molecule has 1 rings (SSSR count). The van der Waals surface area contributed by atoms with Crippen molar-refractivity contribution in [2.45, 2.75) is 12.3 Å². The van der Waals surface area contributed by atoms with Crippen molar-refractivity contribution in [1.82, 2.24) is 9.97 Å². The molecule has 0 radical (unpaired) electrons. The highest BCUT2D eigenvalue weighted by molar-refractivity contribution is 6.29. The third-order valence-corrected chi connectivity index (χ3v) is 1.74. The van der Waals surface area contributed by atoms with Gasteiger partial charge in [0.1, 0.15) is 5.15 Å². The van der Waals surface area contributed by atoms with Gasteiger partial charge in [-0.3, -0.25) is 4.98 Å². The fourth-order valence-electron chi connectivity index (χ4n) is 0.888. The van der Waals surface area contributed by atoms with Crippen molar-refractivity contribution in [3.8, 4) is 0 Å². The van der Waals surface area contributed by atoms with E-state index in [1.54, 1.807) is 0 Å². The minimum Gasteiger partial charge on any atom is -0.330 e. The average molecular weight is 208 g/mol. The highest BCUT2D eigenvalue weighted by Gasteiger charge is 2.22. The minimum absolute atomic E-state index is 0.0941. The molecule has 2 N–H and O–H groups in total. The van der Waals surface area contributed by atoms with Crippen LogP contribution in [0.2, 0.25) is 5.15 Å². The first-order valence-corrected chi connectivity index (χ1v) is 3.98. The zero-order valence-electron chi connectivity index (χ0n) is 6.62. The first-order valence-electron chi connectivity index (χ1n) is 3.60. The van der Waals surface area contributed by atoms with Gasteiger partial charge in [-0.05, 0) is 0 Å². The van der Waals surface area contributed by atoms with E-state index >= 15 is 0 Å². The Morgan fingerprint density at radius 2 is 2.15 bits per heavy atom. The van der Waals surface area contributed by atoms with Crippen LogP contribution in [0, 0.1) is 0 Å². The van der Waals surface area contributed by atoms with E-state index in [4.69, 9.17) is 17.3 Å². The van der Waals surface area contributed by atoms with E-state index in [2.05, 4.69) is 9.97 Å². The molecule has 0 bridgehead atoms. The van der Waals surface area contributed by atoms with E-state index < -0.39 is 12.3 Å². The molecule has 1 aromatic heterocycles. The molecule has 1 atom stereocenters. The van der Waals surface area contributed by atoms with Crippen molar-refractivity contribution in [2.24, 2.45) is 5.73 Å². The van der Waals surface area contributed by atoms with Gasteiger partial charge in [-0.1, -0.05) is 11.6 Å². The van der Waals surface area contributed by atoms with Crippen LogP contribution in [0.5, 0.6) is 0 Å². The second-order valence-corrected chi connectivity index (χ2v) is 2.83. The topological polar surface area (TPSA) is 51.8 Å². The van der Waals surface area contributed by atoms with Crippen LogP contribution in [0.1, 0.15) is 11.6 Å². The summed E-state index contributed by atoms with van der Waals surface area (Å²) in [4.78, 5) is 7.36. The van der Waals surface area contributed by atoms with E-state index in [0.717, 1.165) is 0 Å². The molecule has 1 unspecified atom stereocenters. The molecule has 0 fully saturated rings. The van der Waals surface area contributed by atoms with Gasteiger partial charge in [0.15, 0.2) is 0 Å². The third-order valence-electron chi connectivity index (χ3n) is 1.56. The smallest absolute Gasteiger partial charge is 0.248 e. The van der Waals surface area contributed by atoms with Gasteiger partial charge < -0.3 is 5.73 Å². The summed E-state index contributed by atoms with van der Waals surface area (Å²) in [5.74, 6) is -1.09. The number of nitrogens with two attached hydrogens (primary N) is 1. The highest BCUT2D eigenvalue weighted by atomic mass is 35.5. The van der Waals surface area contributed by atoms with Gasteiger partial charge in [-0.25, -0.2) is 13.8 Å². The molecule has 0 saturated carbocycles. The summed E-state index contributed by atoms with van der Waals surface area (Å²) < 4.78 is 24.7. The lowest BCUT2D eigenvalue weighted by molar-refractivity contribution is 0.115. The maximum absolute atomic E-state index is 12.3. The maximum Gasteiger partial charge on any atom is 0.248 e. The molecule has 0 spiro atoms. The molecule has 1 aromatic rings. The van der Waals surface area contributed by atoms with E-state index in [-0.39, 0.29) is 17.4 Å². The molecular weight excluding hydrogens is 200 g/mol. The molecule has 72 valence electrons. The largest absolute Gasteiger partial charge is 0.330 e. The van der Waals surface area contributed by atoms with Gasteiger partial charge >= 0.3 is 0 Å². The molecule has 1 heterocycles. The molecule has 13 heavy (non-hydrogen) atoms. The Labute approximate surface area is 78.9 Å². The number of halogens is 3. The summed E-state index contributed by atoms with van der Waals surface area (Å²) in [6.45, 7) is -0.174.